The molecule has 3 rings (SSSR count). The third-order valence-corrected chi connectivity index (χ3v) is 5.65. The van der Waals surface area contributed by atoms with Gasteiger partial charge < -0.3 is 20.1 Å². The summed E-state index contributed by atoms with van der Waals surface area (Å²) in [5, 5.41) is 13.9. The summed E-state index contributed by atoms with van der Waals surface area (Å²) in [5.74, 6) is -1.57. The first-order valence-corrected chi connectivity index (χ1v) is 10.5. The van der Waals surface area contributed by atoms with Gasteiger partial charge in [-0.2, -0.15) is 24.9 Å². The number of fused-ring (bicyclic) bond motifs is 1. The van der Waals surface area contributed by atoms with Crippen LogP contribution in [0.25, 0.3) is 10.9 Å². The Morgan fingerprint density at radius 3 is 2.55 bits per heavy atom. The monoisotopic (exact) mass is 456 g/mol. The summed E-state index contributed by atoms with van der Waals surface area (Å²) in [6, 6.07) is 8.83. The number of H-pyrrole nitrogens is 1. The van der Waals surface area contributed by atoms with Gasteiger partial charge in [0.1, 0.15) is 11.6 Å². The standard InChI is InChI=1S/C21H20F4N2O3S/c1-30-12-6-7-13(15(22)10-12)19(20(29,11-31-2)21(23,24)25)27-17-5-3-4-16-14(17)8-9-18(28)26-16/h3-10,19,27,29H,11H2,1-2H3,(H,26,28). The average Bonchev–Trinajstić information content (AvgIpc) is 2.71. The Morgan fingerprint density at radius 2 is 1.94 bits per heavy atom. The van der Waals surface area contributed by atoms with Crippen molar-refractivity contribution in [2.24, 2.45) is 0 Å². The van der Waals surface area contributed by atoms with Crippen LogP contribution in [0.3, 0.4) is 0 Å². The molecule has 3 N–H and O–H groups in total. The molecule has 2 unspecified atom stereocenters. The number of hydrogen-bond donors (Lipinski definition) is 3. The smallest absolute Gasteiger partial charge is 0.420 e. The number of methoxy groups -OCH3 is 1. The van der Waals surface area contributed by atoms with Crippen molar-refractivity contribution in [2.45, 2.75) is 17.8 Å². The minimum atomic E-state index is -5.07. The molecular formula is C21H20F4N2O3S. The second-order valence-corrected chi connectivity index (χ2v) is 7.78. The molecule has 0 saturated carbocycles. The van der Waals surface area contributed by atoms with Gasteiger partial charge in [-0.1, -0.05) is 12.1 Å². The summed E-state index contributed by atoms with van der Waals surface area (Å²) in [6.45, 7) is 0. The number of halogens is 4. The fraction of sp³-hybridized carbons (Fsp3) is 0.286. The van der Waals surface area contributed by atoms with E-state index in [1.54, 1.807) is 6.07 Å². The van der Waals surface area contributed by atoms with Crippen molar-refractivity contribution < 1.29 is 27.4 Å². The van der Waals surface area contributed by atoms with E-state index < -0.39 is 29.4 Å². The van der Waals surface area contributed by atoms with Crippen molar-refractivity contribution in [2.75, 3.05) is 24.4 Å². The van der Waals surface area contributed by atoms with Crippen molar-refractivity contribution in [3.05, 3.63) is 70.3 Å². The van der Waals surface area contributed by atoms with Crippen LogP contribution in [0.5, 0.6) is 5.75 Å². The third kappa shape index (κ3) is 4.49. The Kier molecular flexibility index (Phi) is 6.51. The summed E-state index contributed by atoms with van der Waals surface area (Å²) in [6.07, 6.45) is -3.65. The van der Waals surface area contributed by atoms with Gasteiger partial charge in [0.25, 0.3) is 0 Å². The van der Waals surface area contributed by atoms with Gasteiger partial charge in [-0.15, -0.1) is 0 Å². The van der Waals surface area contributed by atoms with E-state index in [0.717, 1.165) is 23.9 Å². The van der Waals surface area contributed by atoms with Gasteiger partial charge in [0.2, 0.25) is 5.56 Å². The van der Waals surface area contributed by atoms with Crippen LogP contribution in [0.15, 0.2) is 53.3 Å². The molecule has 0 bridgehead atoms. The highest BCUT2D eigenvalue weighted by atomic mass is 32.2. The predicted octanol–water partition coefficient (Wildman–Crippen LogP) is 4.49. The summed E-state index contributed by atoms with van der Waals surface area (Å²) < 4.78 is 62.0. The fourth-order valence-corrected chi connectivity index (χ4v) is 4.11. The molecule has 10 heteroatoms. The van der Waals surface area contributed by atoms with Crippen LogP contribution in [-0.2, 0) is 0 Å². The SMILES string of the molecule is COc1ccc(C(Nc2cccc3[nH]c(=O)ccc23)C(O)(CSC)C(F)(F)F)c(F)c1. The highest BCUT2D eigenvalue weighted by Gasteiger charge is 2.59. The van der Waals surface area contributed by atoms with Crippen LogP contribution >= 0.6 is 11.8 Å². The van der Waals surface area contributed by atoms with Crippen molar-refractivity contribution >= 4 is 28.4 Å². The molecule has 0 spiro atoms. The van der Waals surface area contributed by atoms with Crippen molar-refractivity contribution in [1.82, 2.24) is 4.98 Å². The summed E-state index contributed by atoms with van der Waals surface area (Å²) in [4.78, 5) is 14.2. The van der Waals surface area contributed by atoms with Crippen LogP contribution in [0, 0.1) is 5.82 Å². The minimum absolute atomic E-state index is 0.128. The van der Waals surface area contributed by atoms with Crippen LogP contribution < -0.4 is 15.6 Å². The molecule has 1 aromatic heterocycles. The first kappa shape index (κ1) is 23.0. The van der Waals surface area contributed by atoms with Crippen LogP contribution in [0.1, 0.15) is 11.6 Å². The molecule has 0 aliphatic carbocycles. The predicted molar refractivity (Wildman–Crippen MR) is 113 cm³/mol. The zero-order chi connectivity index (χ0) is 22.8. The van der Waals surface area contributed by atoms with Gasteiger partial charge in [-0.05, 0) is 30.5 Å². The van der Waals surface area contributed by atoms with Crippen LogP contribution in [0.4, 0.5) is 23.2 Å². The number of alkyl halides is 3. The van der Waals surface area contributed by atoms with Gasteiger partial charge in [-0.25, -0.2) is 4.39 Å². The lowest BCUT2D eigenvalue weighted by Gasteiger charge is -2.38. The van der Waals surface area contributed by atoms with E-state index in [4.69, 9.17) is 4.74 Å². The number of thioether (sulfide) groups is 1. The minimum Gasteiger partial charge on any atom is -0.497 e. The number of ether oxygens (including phenoxy) is 1. The highest BCUT2D eigenvalue weighted by molar-refractivity contribution is 7.98. The van der Waals surface area contributed by atoms with E-state index in [1.165, 1.54) is 43.7 Å². The lowest BCUT2D eigenvalue weighted by atomic mass is 9.88. The van der Waals surface area contributed by atoms with Gasteiger partial charge in [0.15, 0.2) is 5.60 Å². The highest BCUT2D eigenvalue weighted by Crippen LogP contribution is 2.45. The summed E-state index contributed by atoms with van der Waals surface area (Å²) >= 11 is 0.783. The maximum Gasteiger partial charge on any atom is 0.420 e. The zero-order valence-corrected chi connectivity index (χ0v) is 17.4. The molecule has 0 fully saturated rings. The first-order chi connectivity index (χ1) is 14.6. The molecule has 0 amide bonds. The molecule has 0 aliphatic heterocycles. The molecule has 0 aliphatic rings. The molecule has 5 nitrogen and oxygen atoms in total. The Bertz CT molecular complexity index is 1140. The molecule has 1 heterocycles. The number of hydrogen-bond acceptors (Lipinski definition) is 5. The number of pyridine rings is 1. The largest absolute Gasteiger partial charge is 0.497 e. The van der Waals surface area contributed by atoms with E-state index in [-0.39, 0.29) is 22.6 Å². The Labute approximate surface area is 179 Å². The average molecular weight is 456 g/mol. The molecule has 31 heavy (non-hydrogen) atoms. The first-order valence-electron chi connectivity index (χ1n) is 9.11. The Morgan fingerprint density at radius 1 is 1.19 bits per heavy atom. The van der Waals surface area contributed by atoms with Crippen LogP contribution in [-0.4, -0.2) is 41.0 Å². The number of aliphatic hydroxyl groups is 1. The normalized spacial score (nSPS) is 14.8. The summed E-state index contributed by atoms with van der Waals surface area (Å²) in [7, 11) is 1.31. The molecular weight excluding hydrogens is 436 g/mol. The molecule has 0 radical (unpaired) electrons. The zero-order valence-electron chi connectivity index (χ0n) is 16.6. The van der Waals surface area contributed by atoms with E-state index >= 15 is 0 Å². The number of nitrogens with one attached hydrogen (secondary N) is 2. The second-order valence-electron chi connectivity index (χ2n) is 6.91. The van der Waals surface area contributed by atoms with E-state index in [0.29, 0.717) is 10.9 Å². The Balaban J connectivity index is 2.21. The van der Waals surface area contributed by atoms with Crippen LogP contribution in [0.2, 0.25) is 0 Å². The number of aromatic amines is 1. The van der Waals surface area contributed by atoms with E-state index in [2.05, 4.69) is 10.3 Å². The lowest BCUT2D eigenvalue weighted by molar-refractivity contribution is -0.256. The molecule has 0 saturated heterocycles. The third-order valence-electron chi connectivity index (χ3n) is 4.92. The lowest BCUT2D eigenvalue weighted by Crippen LogP contribution is -2.54. The quantitative estimate of drug-likeness (QED) is 0.457. The summed E-state index contributed by atoms with van der Waals surface area (Å²) in [5.41, 5.74) is -3.48. The maximum atomic E-state index is 14.9. The number of rotatable bonds is 7. The molecule has 2 aromatic carbocycles. The van der Waals surface area contributed by atoms with Gasteiger partial charge in [0.05, 0.1) is 18.7 Å². The number of benzene rings is 2. The van der Waals surface area contributed by atoms with Crippen molar-refractivity contribution in [3.63, 3.8) is 0 Å². The maximum absolute atomic E-state index is 14.9. The van der Waals surface area contributed by atoms with E-state index in [9.17, 15) is 27.5 Å². The topological polar surface area (TPSA) is 74.3 Å². The second kappa shape index (κ2) is 8.80. The molecule has 166 valence electrons. The van der Waals surface area contributed by atoms with Crippen molar-refractivity contribution in [3.8, 4) is 5.75 Å². The molecule has 2 atom stereocenters. The number of aromatic nitrogens is 1. The van der Waals surface area contributed by atoms with Crippen molar-refractivity contribution in [1.29, 1.82) is 0 Å². The van der Waals surface area contributed by atoms with Gasteiger partial charge in [-0.3, -0.25) is 4.79 Å². The molecule has 3 aromatic rings. The Hall–Kier alpha value is -2.72. The van der Waals surface area contributed by atoms with Gasteiger partial charge >= 0.3 is 6.18 Å². The number of anilines is 1. The van der Waals surface area contributed by atoms with E-state index in [1.807, 2.05) is 0 Å². The fourth-order valence-electron chi connectivity index (χ4n) is 3.34. The van der Waals surface area contributed by atoms with Gasteiger partial charge in [0, 0.05) is 34.5 Å².